The number of ether oxygens (including phenoxy) is 1. The zero-order valence-corrected chi connectivity index (χ0v) is 13.2. The fourth-order valence-corrected chi connectivity index (χ4v) is 2.36. The zero-order chi connectivity index (χ0) is 17.0. The van der Waals surface area contributed by atoms with Crippen LogP contribution in [0, 0.1) is 10.1 Å². The molecule has 2 aromatic carbocycles. The fraction of sp³-hybridized carbons (Fsp3) is 0.235. The van der Waals surface area contributed by atoms with E-state index < -0.39 is 4.92 Å². The van der Waals surface area contributed by atoms with Crippen molar-refractivity contribution in [1.29, 1.82) is 0 Å². The van der Waals surface area contributed by atoms with Gasteiger partial charge in [0.1, 0.15) is 5.75 Å². The van der Waals surface area contributed by atoms with Gasteiger partial charge in [0.05, 0.1) is 17.7 Å². The van der Waals surface area contributed by atoms with E-state index in [4.69, 9.17) is 4.74 Å². The maximum Gasteiger partial charge on any atom is 0.269 e. The number of amides is 1. The zero-order valence-electron chi connectivity index (χ0n) is 13.2. The van der Waals surface area contributed by atoms with E-state index >= 15 is 0 Å². The fourth-order valence-electron chi connectivity index (χ4n) is 2.36. The molecule has 1 amide bonds. The minimum atomic E-state index is -0.420. The largest absolute Gasteiger partial charge is 0.495 e. The number of nitrogens with zero attached hydrogens (tertiary/aromatic N) is 1. The van der Waals surface area contributed by atoms with E-state index in [9.17, 15) is 14.9 Å². The number of hydrogen-bond donors (Lipinski definition) is 1. The number of nitro groups is 1. The van der Waals surface area contributed by atoms with Crippen molar-refractivity contribution in [2.45, 2.75) is 19.8 Å². The van der Waals surface area contributed by atoms with Gasteiger partial charge in [0.15, 0.2) is 0 Å². The van der Waals surface area contributed by atoms with Crippen LogP contribution in [0.1, 0.15) is 30.9 Å². The number of benzene rings is 2. The standard InChI is InChI=1S/C17H18N2O4/c1-11(13-4-7-15(8-5-13)19(21)22)14-6-9-17(23-3)16(10-14)18-12(2)20/h4-11H,1-3H3,(H,18,20). The van der Waals surface area contributed by atoms with Gasteiger partial charge in [-0.15, -0.1) is 0 Å². The first-order valence-corrected chi connectivity index (χ1v) is 7.12. The molecule has 0 aliphatic carbocycles. The molecule has 0 aliphatic heterocycles. The molecule has 6 nitrogen and oxygen atoms in total. The van der Waals surface area contributed by atoms with Crippen LogP contribution in [0.5, 0.6) is 5.75 Å². The Labute approximate surface area is 134 Å². The van der Waals surface area contributed by atoms with E-state index in [0.717, 1.165) is 11.1 Å². The van der Waals surface area contributed by atoms with Crippen molar-refractivity contribution in [3.05, 3.63) is 63.7 Å². The van der Waals surface area contributed by atoms with E-state index in [0.29, 0.717) is 11.4 Å². The predicted octanol–water partition coefficient (Wildman–Crippen LogP) is 3.71. The lowest BCUT2D eigenvalue weighted by Gasteiger charge is -2.16. The Hall–Kier alpha value is -2.89. The lowest BCUT2D eigenvalue weighted by molar-refractivity contribution is -0.384. The molecule has 0 saturated heterocycles. The van der Waals surface area contributed by atoms with E-state index in [-0.39, 0.29) is 17.5 Å². The van der Waals surface area contributed by atoms with Crippen LogP contribution >= 0.6 is 0 Å². The average molecular weight is 314 g/mol. The van der Waals surface area contributed by atoms with Crippen LogP contribution in [0.3, 0.4) is 0 Å². The highest BCUT2D eigenvalue weighted by Gasteiger charge is 2.14. The average Bonchev–Trinajstić information content (AvgIpc) is 2.53. The molecule has 0 radical (unpaired) electrons. The summed E-state index contributed by atoms with van der Waals surface area (Å²) < 4.78 is 5.24. The Morgan fingerprint density at radius 1 is 1.17 bits per heavy atom. The van der Waals surface area contributed by atoms with Crippen LogP contribution < -0.4 is 10.1 Å². The van der Waals surface area contributed by atoms with Crippen molar-refractivity contribution in [3.63, 3.8) is 0 Å². The predicted molar refractivity (Wildman–Crippen MR) is 87.9 cm³/mol. The summed E-state index contributed by atoms with van der Waals surface area (Å²) in [6.07, 6.45) is 0. The Bertz CT molecular complexity index is 726. The minimum absolute atomic E-state index is 0.0224. The molecule has 23 heavy (non-hydrogen) atoms. The first kappa shape index (κ1) is 16.5. The molecule has 120 valence electrons. The van der Waals surface area contributed by atoms with E-state index in [1.165, 1.54) is 19.1 Å². The third kappa shape index (κ3) is 3.85. The van der Waals surface area contributed by atoms with Crippen LogP contribution in [0.2, 0.25) is 0 Å². The van der Waals surface area contributed by atoms with Gasteiger partial charge in [-0.3, -0.25) is 14.9 Å². The molecule has 0 aliphatic rings. The summed E-state index contributed by atoms with van der Waals surface area (Å²) in [5, 5.41) is 13.5. The van der Waals surface area contributed by atoms with Gasteiger partial charge in [-0.25, -0.2) is 0 Å². The molecule has 1 N–H and O–H groups in total. The second kappa shape index (κ2) is 6.91. The topological polar surface area (TPSA) is 81.5 Å². The second-order valence-electron chi connectivity index (χ2n) is 5.21. The molecule has 0 bridgehead atoms. The maximum atomic E-state index is 11.3. The molecule has 0 heterocycles. The van der Waals surface area contributed by atoms with Gasteiger partial charge in [-0.05, 0) is 23.3 Å². The number of non-ortho nitro benzene ring substituents is 1. The van der Waals surface area contributed by atoms with E-state index in [2.05, 4.69) is 5.32 Å². The number of methoxy groups -OCH3 is 1. The van der Waals surface area contributed by atoms with Crippen molar-refractivity contribution in [3.8, 4) is 5.75 Å². The van der Waals surface area contributed by atoms with Crippen LogP contribution in [0.15, 0.2) is 42.5 Å². The molecule has 6 heteroatoms. The normalized spacial score (nSPS) is 11.6. The molecule has 0 spiro atoms. The summed E-state index contributed by atoms with van der Waals surface area (Å²) in [6.45, 7) is 3.44. The Morgan fingerprint density at radius 3 is 2.30 bits per heavy atom. The van der Waals surface area contributed by atoms with Crippen molar-refractivity contribution < 1.29 is 14.5 Å². The van der Waals surface area contributed by atoms with Crippen LogP contribution in [-0.4, -0.2) is 17.9 Å². The molecule has 0 fully saturated rings. The van der Waals surface area contributed by atoms with E-state index in [1.54, 1.807) is 25.3 Å². The Morgan fingerprint density at radius 2 is 1.78 bits per heavy atom. The molecule has 1 unspecified atom stereocenters. The summed E-state index contributed by atoms with van der Waals surface area (Å²) in [4.78, 5) is 21.6. The van der Waals surface area contributed by atoms with Crippen molar-refractivity contribution in [2.75, 3.05) is 12.4 Å². The number of nitro benzene ring substituents is 1. The van der Waals surface area contributed by atoms with Gasteiger partial charge in [-0.2, -0.15) is 0 Å². The highest BCUT2D eigenvalue weighted by molar-refractivity contribution is 5.90. The number of carbonyl (C=O) groups excluding carboxylic acids is 1. The third-order valence-electron chi connectivity index (χ3n) is 3.64. The van der Waals surface area contributed by atoms with Gasteiger partial charge >= 0.3 is 0 Å². The monoisotopic (exact) mass is 314 g/mol. The highest BCUT2D eigenvalue weighted by atomic mass is 16.6. The van der Waals surface area contributed by atoms with Gasteiger partial charge in [-0.1, -0.05) is 25.1 Å². The molecule has 0 saturated carbocycles. The lowest BCUT2D eigenvalue weighted by atomic mass is 9.92. The van der Waals surface area contributed by atoms with Crippen LogP contribution in [-0.2, 0) is 4.79 Å². The van der Waals surface area contributed by atoms with E-state index in [1.807, 2.05) is 19.1 Å². The molecule has 0 aromatic heterocycles. The number of hydrogen-bond acceptors (Lipinski definition) is 4. The number of anilines is 1. The van der Waals surface area contributed by atoms with Gasteiger partial charge in [0.25, 0.3) is 5.69 Å². The first-order chi connectivity index (χ1) is 10.9. The summed E-state index contributed by atoms with van der Waals surface area (Å²) in [7, 11) is 1.54. The summed E-state index contributed by atoms with van der Waals surface area (Å²) >= 11 is 0. The van der Waals surface area contributed by atoms with Crippen molar-refractivity contribution in [2.24, 2.45) is 0 Å². The lowest BCUT2D eigenvalue weighted by Crippen LogP contribution is -2.08. The number of carbonyl (C=O) groups is 1. The van der Waals surface area contributed by atoms with Gasteiger partial charge in [0.2, 0.25) is 5.91 Å². The molecule has 2 rings (SSSR count). The van der Waals surface area contributed by atoms with Crippen LogP contribution in [0.4, 0.5) is 11.4 Å². The summed E-state index contributed by atoms with van der Waals surface area (Å²) in [5.41, 5.74) is 2.60. The van der Waals surface area contributed by atoms with Crippen molar-refractivity contribution >= 4 is 17.3 Å². The molecular weight excluding hydrogens is 296 g/mol. The Balaban J connectivity index is 2.32. The number of nitrogens with one attached hydrogen (secondary N) is 1. The smallest absolute Gasteiger partial charge is 0.269 e. The quantitative estimate of drug-likeness (QED) is 0.673. The van der Waals surface area contributed by atoms with Crippen LogP contribution in [0.25, 0.3) is 0 Å². The molecular formula is C17H18N2O4. The number of rotatable bonds is 5. The molecule has 2 aromatic rings. The SMILES string of the molecule is COc1ccc(C(C)c2ccc([N+](=O)[O-])cc2)cc1NC(C)=O. The highest BCUT2D eigenvalue weighted by Crippen LogP contribution is 2.32. The van der Waals surface area contributed by atoms with Gasteiger partial charge in [0, 0.05) is 25.0 Å². The Kier molecular flexibility index (Phi) is 4.95. The first-order valence-electron chi connectivity index (χ1n) is 7.12. The van der Waals surface area contributed by atoms with Gasteiger partial charge < -0.3 is 10.1 Å². The summed E-state index contributed by atoms with van der Waals surface area (Å²) in [6, 6.07) is 12.0. The third-order valence-corrected chi connectivity index (χ3v) is 3.64. The summed E-state index contributed by atoms with van der Waals surface area (Å²) in [5.74, 6) is 0.428. The maximum absolute atomic E-state index is 11.3. The second-order valence-corrected chi connectivity index (χ2v) is 5.21. The van der Waals surface area contributed by atoms with Crippen molar-refractivity contribution in [1.82, 2.24) is 0 Å². The minimum Gasteiger partial charge on any atom is -0.495 e. The molecule has 1 atom stereocenters.